The summed E-state index contributed by atoms with van der Waals surface area (Å²) in [4.78, 5) is 12.5. The molecule has 2 aromatic rings. The summed E-state index contributed by atoms with van der Waals surface area (Å²) >= 11 is 1.43. The summed E-state index contributed by atoms with van der Waals surface area (Å²) in [6.07, 6.45) is 0.853. The minimum atomic E-state index is -0.286. The molecule has 1 nitrogen and oxygen atoms in total. The minimum Gasteiger partial charge on any atom is -0.293 e. The number of benzene rings is 1. The topological polar surface area (TPSA) is 17.1 Å². The van der Waals surface area contributed by atoms with Crippen molar-refractivity contribution in [3.05, 3.63) is 64.6 Å². The molecule has 2 rings (SSSR count). The van der Waals surface area contributed by atoms with E-state index in [1.165, 1.54) is 17.4 Å². The van der Waals surface area contributed by atoms with E-state index < -0.39 is 0 Å². The summed E-state index contributed by atoms with van der Waals surface area (Å²) in [6, 6.07) is 10.2. The van der Waals surface area contributed by atoms with Gasteiger partial charge in [-0.05, 0) is 29.5 Å². The molecule has 0 saturated carbocycles. The molecule has 0 N–H and O–H groups in total. The Labute approximate surface area is 110 Å². The van der Waals surface area contributed by atoms with Gasteiger partial charge >= 0.3 is 0 Å². The second-order valence-electron chi connectivity index (χ2n) is 3.98. The van der Waals surface area contributed by atoms with E-state index in [0.29, 0.717) is 24.0 Å². The standard InChI is InChI=1S/C15H13FOS/c1-11(12-5-2-3-6-13(12)16)8-9-14(17)15-7-4-10-18-15/h2-7,10H,1,8-9H2. The number of halogens is 1. The van der Waals surface area contributed by atoms with Crippen molar-refractivity contribution in [1.82, 2.24) is 0 Å². The van der Waals surface area contributed by atoms with E-state index in [4.69, 9.17) is 0 Å². The van der Waals surface area contributed by atoms with Crippen LogP contribution in [0.15, 0.2) is 48.4 Å². The van der Waals surface area contributed by atoms with Crippen molar-refractivity contribution >= 4 is 22.7 Å². The second kappa shape index (κ2) is 5.74. The lowest BCUT2D eigenvalue weighted by Gasteiger charge is -2.06. The van der Waals surface area contributed by atoms with Crippen LogP contribution in [0.2, 0.25) is 0 Å². The van der Waals surface area contributed by atoms with Crippen LogP contribution < -0.4 is 0 Å². The van der Waals surface area contributed by atoms with Gasteiger partial charge in [-0.1, -0.05) is 30.8 Å². The number of rotatable bonds is 5. The van der Waals surface area contributed by atoms with Crippen LogP contribution in [-0.2, 0) is 0 Å². The fourth-order valence-electron chi connectivity index (χ4n) is 1.71. The summed E-state index contributed by atoms with van der Waals surface area (Å²) in [6.45, 7) is 3.85. The fraction of sp³-hybridized carbons (Fsp3) is 0.133. The maximum Gasteiger partial charge on any atom is 0.173 e. The maximum absolute atomic E-state index is 13.5. The van der Waals surface area contributed by atoms with E-state index in [9.17, 15) is 9.18 Å². The van der Waals surface area contributed by atoms with Crippen LogP contribution in [0.1, 0.15) is 28.1 Å². The third-order valence-corrected chi connectivity index (χ3v) is 3.62. The Morgan fingerprint density at radius 3 is 2.61 bits per heavy atom. The van der Waals surface area contributed by atoms with Crippen molar-refractivity contribution in [1.29, 1.82) is 0 Å². The van der Waals surface area contributed by atoms with Crippen molar-refractivity contribution in [2.45, 2.75) is 12.8 Å². The molecule has 1 aromatic heterocycles. The van der Waals surface area contributed by atoms with E-state index >= 15 is 0 Å². The van der Waals surface area contributed by atoms with E-state index in [1.54, 1.807) is 24.3 Å². The van der Waals surface area contributed by atoms with Gasteiger partial charge in [0.1, 0.15) is 5.82 Å². The number of hydrogen-bond acceptors (Lipinski definition) is 2. The van der Waals surface area contributed by atoms with E-state index in [2.05, 4.69) is 6.58 Å². The second-order valence-corrected chi connectivity index (χ2v) is 4.93. The molecule has 0 spiro atoms. The normalized spacial score (nSPS) is 10.3. The molecular formula is C15H13FOS. The van der Waals surface area contributed by atoms with Crippen LogP contribution in [0.4, 0.5) is 4.39 Å². The number of Topliss-reactive ketones (excluding diaryl/α,β-unsaturated/α-hetero) is 1. The molecule has 3 heteroatoms. The van der Waals surface area contributed by atoms with Crippen LogP contribution >= 0.6 is 11.3 Å². The van der Waals surface area contributed by atoms with Gasteiger partial charge in [0.05, 0.1) is 4.88 Å². The molecule has 0 fully saturated rings. The molecule has 92 valence electrons. The van der Waals surface area contributed by atoms with Crippen molar-refractivity contribution in [2.75, 3.05) is 0 Å². The molecule has 0 saturated heterocycles. The van der Waals surface area contributed by atoms with Crippen LogP contribution in [0.3, 0.4) is 0 Å². The SMILES string of the molecule is C=C(CCC(=O)c1cccs1)c1ccccc1F. The number of allylic oxidation sites excluding steroid dienone is 1. The summed E-state index contributed by atoms with van der Waals surface area (Å²) < 4.78 is 13.5. The third-order valence-electron chi connectivity index (χ3n) is 2.70. The quantitative estimate of drug-likeness (QED) is 0.720. The molecule has 0 amide bonds. The van der Waals surface area contributed by atoms with E-state index in [-0.39, 0.29) is 11.6 Å². The molecule has 0 aliphatic heterocycles. The highest BCUT2D eigenvalue weighted by atomic mass is 32.1. The zero-order valence-electron chi connectivity index (χ0n) is 9.86. The number of hydrogen-bond donors (Lipinski definition) is 0. The number of thiophene rings is 1. The highest BCUT2D eigenvalue weighted by Crippen LogP contribution is 2.22. The lowest BCUT2D eigenvalue weighted by Crippen LogP contribution is -1.97. The lowest BCUT2D eigenvalue weighted by molar-refractivity contribution is 0.0988. The predicted octanol–water partition coefficient (Wildman–Crippen LogP) is 4.56. The van der Waals surface area contributed by atoms with Gasteiger partial charge in [-0.2, -0.15) is 0 Å². The van der Waals surface area contributed by atoms with Gasteiger partial charge in [0.15, 0.2) is 5.78 Å². The highest BCUT2D eigenvalue weighted by molar-refractivity contribution is 7.12. The first-order valence-electron chi connectivity index (χ1n) is 5.68. The highest BCUT2D eigenvalue weighted by Gasteiger charge is 2.10. The molecular weight excluding hydrogens is 247 g/mol. The van der Waals surface area contributed by atoms with Gasteiger partial charge in [0.2, 0.25) is 0 Å². The molecule has 0 atom stereocenters. The number of carbonyl (C=O) groups is 1. The maximum atomic E-state index is 13.5. The Hall–Kier alpha value is -1.74. The minimum absolute atomic E-state index is 0.0856. The summed E-state index contributed by atoms with van der Waals surface area (Å²) in [5.41, 5.74) is 1.16. The molecule has 0 aliphatic carbocycles. The average molecular weight is 260 g/mol. The Morgan fingerprint density at radius 1 is 1.17 bits per heavy atom. The van der Waals surface area contributed by atoms with E-state index in [1.807, 2.05) is 11.4 Å². The van der Waals surface area contributed by atoms with E-state index in [0.717, 1.165) is 4.88 Å². The first kappa shape index (κ1) is 12.7. The Bertz CT molecular complexity index is 558. The van der Waals surface area contributed by atoms with Gasteiger partial charge in [0, 0.05) is 12.0 Å². The number of carbonyl (C=O) groups excluding carboxylic acids is 1. The van der Waals surface area contributed by atoms with Gasteiger partial charge < -0.3 is 0 Å². The summed E-state index contributed by atoms with van der Waals surface area (Å²) in [7, 11) is 0. The Kier molecular flexibility index (Phi) is 4.05. The summed E-state index contributed by atoms with van der Waals surface area (Å²) in [5, 5.41) is 1.87. The van der Waals surface area contributed by atoms with Crippen molar-refractivity contribution in [3.63, 3.8) is 0 Å². The first-order valence-corrected chi connectivity index (χ1v) is 6.56. The van der Waals surface area contributed by atoms with Crippen LogP contribution in [-0.4, -0.2) is 5.78 Å². The summed E-state index contributed by atoms with van der Waals surface area (Å²) in [5.74, 6) is -0.200. The fourth-order valence-corrected chi connectivity index (χ4v) is 2.40. The molecule has 0 aliphatic rings. The monoisotopic (exact) mass is 260 g/mol. The molecule has 0 radical (unpaired) electrons. The van der Waals surface area contributed by atoms with Gasteiger partial charge in [-0.3, -0.25) is 4.79 Å². The Balaban J connectivity index is 1.97. The van der Waals surface area contributed by atoms with Gasteiger partial charge in [-0.15, -0.1) is 11.3 Å². The molecule has 1 heterocycles. The van der Waals surface area contributed by atoms with Gasteiger partial charge in [0.25, 0.3) is 0 Å². The van der Waals surface area contributed by atoms with Crippen LogP contribution in [0.5, 0.6) is 0 Å². The lowest BCUT2D eigenvalue weighted by atomic mass is 10.0. The third kappa shape index (κ3) is 2.93. The average Bonchev–Trinajstić information content (AvgIpc) is 2.90. The molecule has 0 unspecified atom stereocenters. The zero-order valence-corrected chi connectivity index (χ0v) is 10.7. The van der Waals surface area contributed by atoms with Crippen molar-refractivity contribution < 1.29 is 9.18 Å². The number of ketones is 1. The largest absolute Gasteiger partial charge is 0.293 e. The Morgan fingerprint density at radius 2 is 1.94 bits per heavy atom. The van der Waals surface area contributed by atoms with Crippen LogP contribution in [0, 0.1) is 5.82 Å². The molecule has 18 heavy (non-hydrogen) atoms. The van der Waals surface area contributed by atoms with Crippen LogP contribution in [0.25, 0.3) is 5.57 Å². The molecule has 0 bridgehead atoms. The smallest absolute Gasteiger partial charge is 0.173 e. The van der Waals surface area contributed by atoms with Crippen molar-refractivity contribution in [3.8, 4) is 0 Å². The first-order chi connectivity index (χ1) is 8.68. The zero-order chi connectivity index (χ0) is 13.0. The van der Waals surface area contributed by atoms with Gasteiger partial charge in [-0.25, -0.2) is 4.39 Å². The molecule has 1 aromatic carbocycles. The predicted molar refractivity (Wildman–Crippen MR) is 73.3 cm³/mol. The van der Waals surface area contributed by atoms with Crippen molar-refractivity contribution in [2.24, 2.45) is 0 Å².